The summed E-state index contributed by atoms with van der Waals surface area (Å²) in [5.41, 5.74) is 5.76. The van der Waals surface area contributed by atoms with Crippen molar-refractivity contribution in [3.05, 3.63) is 77.9 Å². The van der Waals surface area contributed by atoms with Gasteiger partial charge >= 0.3 is 5.97 Å². The molecule has 0 aliphatic rings. The Bertz CT molecular complexity index is 757. The quantitative estimate of drug-likeness (QED) is 0.455. The van der Waals surface area contributed by atoms with Crippen molar-refractivity contribution in [2.24, 2.45) is 5.16 Å². The van der Waals surface area contributed by atoms with E-state index in [9.17, 15) is 4.79 Å². The molecule has 0 amide bonds. The van der Waals surface area contributed by atoms with Gasteiger partial charge in [-0.15, -0.1) is 0 Å². The zero-order valence-corrected chi connectivity index (χ0v) is 14.2. The van der Waals surface area contributed by atoms with Gasteiger partial charge in [-0.1, -0.05) is 66.3 Å². The number of hydrogen-bond acceptors (Lipinski definition) is 6. The molecule has 6 nitrogen and oxygen atoms in total. The van der Waals surface area contributed by atoms with Crippen LogP contribution in [0, 0.1) is 0 Å². The maximum absolute atomic E-state index is 11.9. The number of benzene rings is 2. The molecule has 25 heavy (non-hydrogen) atoms. The third-order valence-corrected chi connectivity index (χ3v) is 3.38. The number of ether oxygens (including phenoxy) is 1. The van der Waals surface area contributed by atoms with E-state index in [1.165, 1.54) is 14.2 Å². The molecule has 0 radical (unpaired) electrons. The number of rotatable bonds is 8. The van der Waals surface area contributed by atoms with E-state index in [1.807, 2.05) is 42.5 Å². The Morgan fingerprint density at radius 2 is 1.76 bits per heavy atom. The Balaban J connectivity index is 2.09. The van der Waals surface area contributed by atoms with Crippen LogP contribution in [0.5, 0.6) is 0 Å². The first-order valence-electron chi connectivity index (χ1n) is 7.57. The smallest absolute Gasteiger partial charge is 0.360 e. The van der Waals surface area contributed by atoms with Crippen molar-refractivity contribution in [3.63, 3.8) is 0 Å². The highest BCUT2D eigenvalue weighted by Crippen LogP contribution is 2.14. The Morgan fingerprint density at radius 1 is 1.08 bits per heavy atom. The van der Waals surface area contributed by atoms with Crippen LogP contribution in [0.1, 0.15) is 16.7 Å². The van der Waals surface area contributed by atoms with Gasteiger partial charge in [0.15, 0.2) is 5.71 Å². The molecule has 0 fully saturated rings. The van der Waals surface area contributed by atoms with E-state index < -0.39 is 5.97 Å². The van der Waals surface area contributed by atoms with Gasteiger partial charge in [0.25, 0.3) is 0 Å². The molecule has 0 unspecified atom stereocenters. The summed E-state index contributed by atoms with van der Waals surface area (Å²) in [7, 11) is 2.66. The number of hydroxylamine groups is 1. The molecular formula is C19H20N2O4. The molecule has 0 spiro atoms. The number of carbonyl (C=O) groups is 1. The second-order valence-electron chi connectivity index (χ2n) is 5.01. The van der Waals surface area contributed by atoms with E-state index in [0.29, 0.717) is 11.3 Å². The fourth-order valence-corrected chi connectivity index (χ4v) is 2.16. The maximum Gasteiger partial charge on any atom is 0.360 e. The summed E-state index contributed by atoms with van der Waals surface area (Å²) in [6.07, 6.45) is 0. The third-order valence-electron chi connectivity index (χ3n) is 3.38. The molecule has 2 aromatic carbocycles. The van der Waals surface area contributed by atoms with Gasteiger partial charge in [0, 0.05) is 5.56 Å². The highest BCUT2D eigenvalue weighted by atomic mass is 16.6. The van der Waals surface area contributed by atoms with Crippen LogP contribution >= 0.6 is 0 Å². The SMILES string of the molecule is C=C(NOCc1ccccc1C(=NOC)C(=O)OC)c1ccccc1. The molecule has 6 heteroatoms. The second kappa shape index (κ2) is 9.24. The van der Waals surface area contributed by atoms with Crippen LogP contribution in [0.2, 0.25) is 0 Å². The molecule has 0 saturated carbocycles. The van der Waals surface area contributed by atoms with Gasteiger partial charge in [0.2, 0.25) is 0 Å². The molecule has 2 aromatic rings. The molecule has 0 saturated heterocycles. The van der Waals surface area contributed by atoms with Crippen molar-refractivity contribution in [1.29, 1.82) is 0 Å². The predicted molar refractivity (Wildman–Crippen MR) is 95.4 cm³/mol. The number of hydrogen-bond donors (Lipinski definition) is 1. The van der Waals surface area contributed by atoms with Crippen LogP contribution in [-0.4, -0.2) is 25.9 Å². The third kappa shape index (κ3) is 4.92. The van der Waals surface area contributed by atoms with Gasteiger partial charge in [0.05, 0.1) is 12.8 Å². The van der Waals surface area contributed by atoms with Gasteiger partial charge in [-0.25, -0.2) is 4.79 Å². The lowest BCUT2D eigenvalue weighted by atomic mass is 10.0. The molecule has 0 heterocycles. The summed E-state index contributed by atoms with van der Waals surface area (Å²) in [5, 5.41) is 3.77. The van der Waals surface area contributed by atoms with Crippen molar-refractivity contribution in [2.75, 3.05) is 14.2 Å². The highest BCUT2D eigenvalue weighted by Gasteiger charge is 2.19. The minimum absolute atomic E-state index is 0.0751. The van der Waals surface area contributed by atoms with Gasteiger partial charge in [0.1, 0.15) is 13.7 Å². The Morgan fingerprint density at radius 3 is 2.44 bits per heavy atom. The lowest BCUT2D eigenvalue weighted by molar-refractivity contribution is -0.132. The minimum atomic E-state index is -0.587. The fraction of sp³-hybridized carbons (Fsp3) is 0.158. The Hall–Kier alpha value is -3.12. The Labute approximate surface area is 146 Å². The van der Waals surface area contributed by atoms with Crippen LogP contribution in [0.25, 0.3) is 5.70 Å². The van der Waals surface area contributed by atoms with Crippen molar-refractivity contribution in [1.82, 2.24) is 5.48 Å². The predicted octanol–water partition coefficient (Wildman–Crippen LogP) is 2.90. The average Bonchev–Trinajstić information content (AvgIpc) is 2.66. The summed E-state index contributed by atoms with van der Waals surface area (Å²) in [6, 6.07) is 16.8. The van der Waals surface area contributed by atoms with Crippen LogP contribution in [0.3, 0.4) is 0 Å². The first-order chi connectivity index (χ1) is 12.2. The van der Waals surface area contributed by atoms with E-state index >= 15 is 0 Å². The summed E-state index contributed by atoms with van der Waals surface area (Å²) in [5.74, 6) is -0.587. The van der Waals surface area contributed by atoms with Crippen LogP contribution in [-0.2, 0) is 25.8 Å². The van der Waals surface area contributed by atoms with Crippen molar-refractivity contribution >= 4 is 17.4 Å². The number of nitrogens with zero attached hydrogens (tertiary/aromatic N) is 1. The summed E-state index contributed by atoms with van der Waals surface area (Å²) >= 11 is 0. The molecule has 0 aliphatic heterocycles. The highest BCUT2D eigenvalue weighted by molar-refractivity contribution is 6.43. The molecule has 0 aromatic heterocycles. The molecule has 0 bridgehead atoms. The zero-order chi connectivity index (χ0) is 18.1. The molecule has 130 valence electrons. The monoisotopic (exact) mass is 340 g/mol. The largest absolute Gasteiger partial charge is 0.464 e. The number of methoxy groups -OCH3 is 1. The Kier molecular flexibility index (Phi) is 6.74. The lowest BCUT2D eigenvalue weighted by Crippen LogP contribution is -2.20. The zero-order valence-electron chi connectivity index (χ0n) is 14.2. The van der Waals surface area contributed by atoms with Crippen LogP contribution in [0.15, 0.2) is 66.3 Å². The van der Waals surface area contributed by atoms with E-state index in [1.54, 1.807) is 12.1 Å². The number of oxime groups is 1. The van der Waals surface area contributed by atoms with E-state index in [0.717, 1.165) is 11.1 Å². The summed E-state index contributed by atoms with van der Waals surface area (Å²) < 4.78 is 4.75. The first-order valence-corrected chi connectivity index (χ1v) is 7.57. The maximum atomic E-state index is 11.9. The molecule has 0 aliphatic carbocycles. The second-order valence-corrected chi connectivity index (χ2v) is 5.01. The van der Waals surface area contributed by atoms with Crippen LogP contribution in [0.4, 0.5) is 0 Å². The molecule has 2 rings (SSSR count). The van der Waals surface area contributed by atoms with Crippen molar-refractivity contribution in [3.8, 4) is 0 Å². The van der Waals surface area contributed by atoms with E-state index in [2.05, 4.69) is 17.2 Å². The molecule has 0 atom stereocenters. The number of esters is 1. The van der Waals surface area contributed by atoms with Gasteiger partial charge in [-0.05, 0) is 11.1 Å². The molecular weight excluding hydrogens is 320 g/mol. The summed E-state index contributed by atoms with van der Waals surface area (Å²) in [6.45, 7) is 4.13. The van der Waals surface area contributed by atoms with Crippen LogP contribution < -0.4 is 5.48 Å². The normalized spacial score (nSPS) is 10.9. The van der Waals surface area contributed by atoms with Gasteiger partial charge in [-0.3, -0.25) is 10.3 Å². The fourth-order valence-electron chi connectivity index (χ4n) is 2.16. The van der Waals surface area contributed by atoms with Crippen molar-refractivity contribution < 1.29 is 19.2 Å². The lowest BCUT2D eigenvalue weighted by Gasteiger charge is -2.13. The van der Waals surface area contributed by atoms with E-state index in [4.69, 9.17) is 14.4 Å². The number of carbonyl (C=O) groups excluding carboxylic acids is 1. The van der Waals surface area contributed by atoms with Crippen molar-refractivity contribution in [2.45, 2.75) is 6.61 Å². The minimum Gasteiger partial charge on any atom is -0.464 e. The first kappa shape index (κ1) is 18.2. The van der Waals surface area contributed by atoms with E-state index in [-0.39, 0.29) is 12.3 Å². The standard InChI is InChI=1S/C19H20N2O4/c1-14(15-9-5-4-6-10-15)20-25-13-16-11-7-8-12-17(16)18(21-24-3)19(22)23-2/h4-12,20H,1,13H2,2-3H3. The number of nitrogens with one attached hydrogen (secondary N) is 1. The van der Waals surface area contributed by atoms with Gasteiger partial charge < -0.3 is 9.57 Å². The topological polar surface area (TPSA) is 69.1 Å². The average molecular weight is 340 g/mol. The molecule has 1 N–H and O–H groups in total. The van der Waals surface area contributed by atoms with Gasteiger partial charge in [-0.2, -0.15) is 0 Å². The summed E-state index contributed by atoms with van der Waals surface area (Å²) in [4.78, 5) is 22.2.